The van der Waals surface area contributed by atoms with Crippen LogP contribution in [0.15, 0.2) is 36.5 Å². The predicted molar refractivity (Wildman–Crippen MR) is 82.5 cm³/mol. The number of benzene rings is 1. The summed E-state index contributed by atoms with van der Waals surface area (Å²) in [6, 6.07) is 8.32. The molecule has 0 atom stereocenters. The van der Waals surface area contributed by atoms with Gasteiger partial charge in [-0.05, 0) is 23.8 Å². The molecule has 0 saturated heterocycles. The summed E-state index contributed by atoms with van der Waals surface area (Å²) in [5.41, 5.74) is 0.920. The summed E-state index contributed by atoms with van der Waals surface area (Å²) in [6.45, 7) is 0.370. The Morgan fingerprint density at radius 3 is 2.73 bits per heavy atom. The maximum absolute atomic E-state index is 13.6. The molecule has 0 aliphatic rings. The van der Waals surface area contributed by atoms with Gasteiger partial charge >= 0.3 is 0 Å². The summed E-state index contributed by atoms with van der Waals surface area (Å²) in [6.07, 6.45) is 1.38. The number of pyridine rings is 1. The first-order valence-electron chi connectivity index (χ1n) is 6.55. The smallest absolute Gasteiger partial charge is 0.257 e. The molecule has 7 heteroatoms. The lowest BCUT2D eigenvalue weighted by Crippen LogP contribution is -2.24. The minimum Gasteiger partial charge on any atom is -0.484 e. The van der Waals surface area contributed by atoms with Crippen molar-refractivity contribution in [2.75, 3.05) is 19.0 Å². The number of carbonyl (C=O) groups is 1. The SMILES string of the molecule is CNC(=O)COc1ccc(CNc2ncc(Cl)cc2F)cc1. The molecule has 0 aliphatic heterocycles. The molecule has 0 spiro atoms. The van der Waals surface area contributed by atoms with E-state index in [9.17, 15) is 9.18 Å². The number of likely N-dealkylation sites (N-methyl/N-ethyl adjacent to an activating group) is 1. The summed E-state index contributed by atoms with van der Waals surface area (Å²) in [5.74, 6) is 0.0283. The molecule has 0 aliphatic carbocycles. The maximum Gasteiger partial charge on any atom is 0.257 e. The Hall–Kier alpha value is -2.34. The number of nitrogens with one attached hydrogen (secondary N) is 2. The van der Waals surface area contributed by atoms with E-state index in [1.54, 1.807) is 19.2 Å². The van der Waals surface area contributed by atoms with Crippen molar-refractivity contribution in [2.45, 2.75) is 6.54 Å². The third kappa shape index (κ3) is 4.60. The lowest BCUT2D eigenvalue weighted by atomic mass is 10.2. The second-order valence-electron chi connectivity index (χ2n) is 4.44. The van der Waals surface area contributed by atoms with E-state index in [0.717, 1.165) is 5.56 Å². The number of halogens is 2. The fraction of sp³-hybridized carbons (Fsp3) is 0.200. The number of hydrogen-bond acceptors (Lipinski definition) is 4. The highest BCUT2D eigenvalue weighted by Gasteiger charge is 2.05. The van der Waals surface area contributed by atoms with Gasteiger partial charge in [0, 0.05) is 19.8 Å². The Bertz CT molecular complexity index is 650. The van der Waals surface area contributed by atoms with Crippen LogP contribution < -0.4 is 15.4 Å². The Morgan fingerprint density at radius 1 is 1.36 bits per heavy atom. The van der Waals surface area contributed by atoms with Gasteiger partial charge in [-0.2, -0.15) is 0 Å². The number of nitrogens with zero attached hydrogens (tertiary/aromatic N) is 1. The number of amides is 1. The van der Waals surface area contributed by atoms with Gasteiger partial charge in [0.05, 0.1) is 5.02 Å². The quantitative estimate of drug-likeness (QED) is 0.857. The fourth-order valence-corrected chi connectivity index (χ4v) is 1.80. The van der Waals surface area contributed by atoms with Crippen LogP contribution in [0.2, 0.25) is 5.02 Å². The molecule has 0 fully saturated rings. The number of carbonyl (C=O) groups excluding carboxylic acids is 1. The highest BCUT2D eigenvalue weighted by molar-refractivity contribution is 6.30. The molecule has 22 heavy (non-hydrogen) atoms. The first-order valence-corrected chi connectivity index (χ1v) is 6.93. The minimum atomic E-state index is -0.502. The summed E-state index contributed by atoms with van der Waals surface area (Å²) < 4.78 is 18.8. The second kappa shape index (κ2) is 7.61. The Labute approximate surface area is 132 Å². The van der Waals surface area contributed by atoms with Crippen molar-refractivity contribution in [1.82, 2.24) is 10.3 Å². The number of hydrogen-bond donors (Lipinski definition) is 2. The van der Waals surface area contributed by atoms with Gasteiger partial charge in [0.25, 0.3) is 5.91 Å². The molecular weight excluding hydrogens is 309 g/mol. The van der Waals surface area contributed by atoms with Crippen molar-refractivity contribution < 1.29 is 13.9 Å². The van der Waals surface area contributed by atoms with Crippen molar-refractivity contribution in [3.05, 3.63) is 52.9 Å². The molecule has 5 nitrogen and oxygen atoms in total. The van der Waals surface area contributed by atoms with Crippen LogP contribution in [0.25, 0.3) is 0 Å². The highest BCUT2D eigenvalue weighted by Crippen LogP contribution is 2.17. The molecule has 2 rings (SSSR count). The number of rotatable bonds is 6. The van der Waals surface area contributed by atoms with Gasteiger partial charge < -0.3 is 15.4 Å². The predicted octanol–water partition coefficient (Wildman–Crippen LogP) is 2.61. The summed E-state index contributed by atoms with van der Waals surface area (Å²) in [4.78, 5) is 15.0. The molecule has 1 aromatic carbocycles. The largest absolute Gasteiger partial charge is 0.484 e. The molecule has 1 aromatic heterocycles. The van der Waals surface area contributed by atoms with E-state index in [2.05, 4.69) is 15.6 Å². The lowest BCUT2D eigenvalue weighted by molar-refractivity contribution is -0.122. The Kier molecular flexibility index (Phi) is 5.55. The third-order valence-electron chi connectivity index (χ3n) is 2.84. The average molecular weight is 324 g/mol. The van der Waals surface area contributed by atoms with E-state index < -0.39 is 5.82 Å². The van der Waals surface area contributed by atoms with Crippen molar-refractivity contribution in [2.24, 2.45) is 0 Å². The molecule has 2 N–H and O–H groups in total. The first kappa shape index (κ1) is 16.0. The monoisotopic (exact) mass is 323 g/mol. The summed E-state index contributed by atoms with van der Waals surface area (Å²) in [7, 11) is 1.55. The van der Waals surface area contributed by atoms with Crippen LogP contribution in [0, 0.1) is 5.82 Å². The molecule has 116 valence electrons. The Morgan fingerprint density at radius 2 is 2.09 bits per heavy atom. The van der Waals surface area contributed by atoms with Gasteiger partial charge in [0.1, 0.15) is 5.75 Å². The van der Waals surface area contributed by atoms with Crippen LogP contribution in [-0.2, 0) is 11.3 Å². The normalized spacial score (nSPS) is 10.1. The number of anilines is 1. The maximum atomic E-state index is 13.6. The van der Waals surface area contributed by atoms with Crippen LogP contribution in [-0.4, -0.2) is 24.5 Å². The Balaban J connectivity index is 1.89. The minimum absolute atomic E-state index is 0.0337. The van der Waals surface area contributed by atoms with E-state index in [4.69, 9.17) is 16.3 Å². The molecule has 2 aromatic rings. The van der Waals surface area contributed by atoms with E-state index in [0.29, 0.717) is 12.3 Å². The van der Waals surface area contributed by atoms with Gasteiger partial charge in [0.15, 0.2) is 18.2 Å². The molecule has 0 unspecified atom stereocenters. The average Bonchev–Trinajstić information content (AvgIpc) is 2.52. The van der Waals surface area contributed by atoms with Crippen LogP contribution in [0.3, 0.4) is 0 Å². The van der Waals surface area contributed by atoms with E-state index in [1.807, 2.05) is 12.1 Å². The van der Waals surface area contributed by atoms with Crippen LogP contribution in [0.5, 0.6) is 5.75 Å². The molecule has 0 bridgehead atoms. The van der Waals surface area contributed by atoms with Gasteiger partial charge in [-0.3, -0.25) is 4.79 Å². The molecule has 0 radical (unpaired) electrons. The van der Waals surface area contributed by atoms with Crippen molar-refractivity contribution in [3.8, 4) is 5.75 Å². The first-order chi connectivity index (χ1) is 10.6. The van der Waals surface area contributed by atoms with Crippen molar-refractivity contribution >= 4 is 23.3 Å². The second-order valence-corrected chi connectivity index (χ2v) is 4.88. The zero-order valence-corrected chi connectivity index (χ0v) is 12.7. The molecular formula is C15H15ClFN3O2. The van der Waals surface area contributed by atoms with Gasteiger partial charge in [0.2, 0.25) is 0 Å². The molecule has 1 heterocycles. The molecule has 0 saturated carbocycles. The van der Waals surface area contributed by atoms with Crippen LogP contribution in [0.4, 0.5) is 10.2 Å². The van der Waals surface area contributed by atoms with Gasteiger partial charge in [-0.25, -0.2) is 9.37 Å². The summed E-state index contributed by atoms with van der Waals surface area (Å²) in [5, 5.41) is 5.60. The lowest BCUT2D eigenvalue weighted by Gasteiger charge is -2.08. The highest BCUT2D eigenvalue weighted by atomic mass is 35.5. The van der Waals surface area contributed by atoms with Gasteiger partial charge in [-0.1, -0.05) is 23.7 Å². The van der Waals surface area contributed by atoms with E-state index >= 15 is 0 Å². The van der Waals surface area contributed by atoms with E-state index in [1.165, 1.54) is 12.3 Å². The van der Waals surface area contributed by atoms with E-state index in [-0.39, 0.29) is 23.4 Å². The topological polar surface area (TPSA) is 63.2 Å². The molecule has 1 amide bonds. The fourth-order valence-electron chi connectivity index (χ4n) is 1.66. The van der Waals surface area contributed by atoms with Crippen LogP contribution in [0.1, 0.15) is 5.56 Å². The zero-order valence-electron chi connectivity index (χ0n) is 11.9. The van der Waals surface area contributed by atoms with Crippen LogP contribution >= 0.6 is 11.6 Å². The summed E-state index contributed by atoms with van der Waals surface area (Å²) >= 11 is 5.64. The number of ether oxygens (including phenoxy) is 1. The zero-order chi connectivity index (χ0) is 15.9. The van der Waals surface area contributed by atoms with Crippen molar-refractivity contribution in [1.29, 1.82) is 0 Å². The third-order valence-corrected chi connectivity index (χ3v) is 3.05. The number of aromatic nitrogens is 1. The van der Waals surface area contributed by atoms with Gasteiger partial charge in [-0.15, -0.1) is 0 Å². The van der Waals surface area contributed by atoms with Crippen molar-refractivity contribution in [3.63, 3.8) is 0 Å². The standard InChI is InChI=1S/C15H15ClFN3O2/c1-18-14(21)9-22-12-4-2-10(3-5-12)7-19-15-13(17)6-11(16)8-20-15/h2-6,8H,7,9H2,1H3,(H,18,21)(H,19,20).